The van der Waals surface area contributed by atoms with Crippen molar-refractivity contribution < 1.29 is 0 Å². The Labute approximate surface area is 106 Å². The SMILES string of the molecule is C#CC(CCC)NC(CCC)c1ccccc1. The van der Waals surface area contributed by atoms with Crippen molar-refractivity contribution in [3.05, 3.63) is 35.9 Å². The highest BCUT2D eigenvalue weighted by Crippen LogP contribution is 2.19. The van der Waals surface area contributed by atoms with Crippen LogP contribution in [0.25, 0.3) is 0 Å². The van der Waals surface area contributed by atoms with E-state index in [1.165, 1.54) is 5.56 Å². The Morgan fingerprint density at radius 3 is 2.29 bits per heavy atom. The van der Waals surface area contributed by atoms with Gasteiger partial charge in [0.1, 0.15) is 0 Å². The highest BCUT2D eigenvalue weighted by Gasteiger charge is 2.13. The summed E-state index contributed by atoms with van der Waals surface area (Å²) in [6, 6.07) is 11.1. The summed E-state index contributed by atoms with van der Waals surface area (Å²) in [7, 11) is 0. The molecule has 0 aliphatic heterocycles. The third kappa shape index (κ3) is 4.63. The lowest BCUT2D eigenvalue weighted by atomic mass is 10.0. The van der Waals surface area contributed by atoms with Crippen LogP contribution in [-0.4, -0.2) is 6.04 Å². The van der Waals surface area contributed by atoms with Crippen molar-refractivity contribution in [1.29, 1.82) is 0 Å². The third-order valence-corrected chi connectivity index (χ3v) is 2.96. The molecule has 0 fully saturated rings. The lowest BCUT2D eigenvalue weighted by Crippen LogP contribution is -2.31. The average molecular weight is 229 g/mol. The maximum absolute atomic E-state index is 5.57. The molecule has 1 rings (SSSR count). The van der Waals surface area contributed by atoms with Gasteiger partial charge in [0.2, 0.25) is 0 Å². The van der Waals surface area contributed by atoms with Crippen LogP contribution < -0.4 is 5.32 Å². The Hall–Kier alpha value is -1.26. The van der Waals surface area contributed by atoms with Crippen molar-refractivity contribution >= 4 is 0 Å². The Morgan fingerprint density at radius 2 is 1.76 bits per heavy atom. The van der Waals surface area contributed by atoms with E-state index in [0.717, 1.165) is 25.7 Å². The quantitative estimate of drug-likeness (QED) is 0.699. The van der Waals surface area contributed by atoms with Crippen LogP contribution in [0, 0.1) is 12.3 Å². The second-order valence-electron chi connectivity index (χ2n) is 4.43. The minimum absolute atomic E-state index is 0.191. The number of benzene rings is 1. The zero-order valence-corrected chi connectivity index (χ0v) is 10.9. The minimum Gasteiger partial charge on any atom is -0.297 e. The zero-order chi connectivity index (χ0) is 12.5. The van der Waals surface area contributed by atoms with Gasteiger partial charge in [0, 0.05) is 6.04 Å². The molecule has 0 aliphatic rings. The Morgan fingerprint density at radius 1 is 1.12 bits per heavy atom. The predicted molar refractivity (Wildman–Crippen MR) is 74.8 cm³/mol. The van der Waals surface area contributed by atoms with E-state index in [-0.39, 0.29) is 6.04 Å². The van der Waals surface area contributed by atoms with E-state index < -0.39 is 0 Å². The molecular formula is C16H23N. The molecular weight excluding hydrogens is 206 g/mol. The number of nitrogens with one attached hydrogen (secondary N) is 1. The number of terminal acetylenes is 1. The van der Waals surface area contributed by atoms with E-state index in [1.54, 1.807) is 0 Å². The van der Waals surface area contributed by atoms with E-state index in [2.05, 4.69) is 55.4 Å². The van der Waals surface area contributed by atoms with Gasteiger partial charge in [-0.2, -0.15) is 0 Å². The van der Waals surface area contributed by atoms with Crippen molar-refractivity contribution in [2.75, 3.05) is 0 Å². The van der Waals surface area contributed by atoms with Crippen molar-refractivity contribution in [2.45, 2.75) is 51.6 Å². The molecule has 0 aromatic heterocycles. The van der Waals surface area contributed by atoms with Gasteiger partial charge in [-0.1, -0.05) is 62.9 Å². The highest BCUT2D eigenvalue weighted by atomic mass is 14.9. The van der Waals surface area contributed by atoms with Crippen LogP contribution in [0.4, 0.5) is 0 Å². The highest BCUT2D eigenvalue weighted by molar-refractivity contribution is 5.19. The van der Waals surface area contributed by atoms with Gasteiger partial charge in [-0.05, 0) is 18.4 Å². The second kappa shape index (κ2) is 7.92. The van der Waals surface area contributed by atoms with Crippen LogP contribution in [0.15, 0.2) is 30.3 Å². The lowest BCUT2D eigenvalue weighted by molar-refractivity contribution is 0.444. The summed E-state index contributed by atoms with van der Waals surface area (Å²) in [5.41, 5.74) is 1.34. The molecule has 1 heteroatoms. The molecule has 92 valence electrons. The summed E-state index contributed by atoms with van der Waals surface area (Å²) >= 11 is 0. The molecule has 0 bridgehead atoms. The molecule has 0 saturated heterocycles. The van der Waals surface area contributed by atoms with Gasteiger partial charge in [0.05, 0.1) is 6.04 Å². The maximum Gasteiger partial charge on any atom is 0.0691 e. The van der Waals surface area contributed by atoms with Crippen molar-refractivity contribution in [2.24, 2.45) is 0 Å². The van der Waals surface area contributed by atoms with Gasteiger partial charge in [0.25, 0.3) is 0 Å². The van der Waals surface area contributed by atoms with Gasteiger partial charge in [-0.3, -0.25) is 5.32 Å². The van der Waals surface area contributed by atoms with E-state index in [9.17, 15) is 0 Å². The first-order chi connectivity index (χ1) is 8.31. The fourth-order valence-electron chi connectivity index (χ4n) is 2.07. The van der Waals surface area contributed by atoms with Gasteiger partial charge in [-0.15, -0.1) is 6.42 Å². The molecule has 1 aromatic carbocycles. The topological polar surface area (TPSA) is 12.0 Å². The maximum atomic E-state index is 5.57. The molecule has 0 spiro atoms. The van der Waals surface area contributed by atoms with Gasteiger partial charge in [0.15, 0.2) is 0 Å². The third-order valence-electron chi connectivity index (χ3n) is 2.96. The standard InChI is InChI=1S/C16H23N/c1-4-10-15(6-3)17-16(11-5-2)14-12-8-7-9-13-14/h3,7-9,12-13,15-17H,4-5,10-11H2,1-2H3. The van der Waals surface area contributed by atoms with Crippen molar-refractivity contribution in [1.82, 2.24) is 5.32 Å². The summed E-state index contributed by atoms with van der Waals surface area (Å²) in [5.74, 6) is 2.85. The van der Waals surface area contributed by atoms with Crippen LogP contribution in [-0.2, 0) is 0 Å². The Bertz CT molecular complexity index is 336. The van der Waals surface area contributed by atoms with E-state index in [1.807, 2.05) is 0 Å². The van der Waals surface area contributed by atoms with Crippen LogP contribution in [0.5, 0.6) is 0 Å². The molecule has 0 aliphatic carbocycles. The summed E-state index contributed by atoms with van der Waals surface area (Å²) in [4.78, 5) is 0. The van der Waals surface area contributed by atoms with Crippen LogP contribution in [0.1, 0.15) is 51.1 Å². The van der Waals surface area contributed by atoms with Crippen LogP contribution in [0.2, 0.25) is 0 Å². The van der Waals surface area contributed by atoms with Gasteiger partial charge >= 0.3 is 0 Å². The summed E-state index contributed by atoms with van der Waals surface area (Å²) in [6.07, 6.45) is 10.0. The largest absolute Gasteiger partial charge is 0.297 e. The number of hydrogen-bond donors (Lipinski definition) is 1. The van der Waals surface area contributed by atoms with Crippen LogP contribution in [0.3, 0.4) is 0 Å². The van der Waals surface area contributed by atoms with E-state index in [0.29, 0.717) is 6.04 Å². The van der Waals surface area contributed by atoms with E-state index in [4.69, 9.17) is 6.42 Å². The van der Waals surface area contributed by atoms with Gasteiger partial charge in [-0.25, -0.2) is 0 Å². The zero-order valence-electron chi connectivity index (χ0n) is 10.9. The van der Waals surface area contributed by atoms with Crippen molar-refractivity contribution in [3.8, 4) is 12.3 Å². The number of rotatable bonds is 7. The summed E-state index contributed by atoms with van der Waals surface area (Å²) in [6.45, 7) is 4.38. The first kappa shape index (κ1) is 13.8. The van der Waals surface area contributed by atoms with Gasteiger partial charge < -0.3 is 0 Å². The minimum atomic E-state index is 0.191. The first-order valence-electron chi connectivity index (χ1n) is 6.58. The fourth-order valence-corrected chi connectivity index (χ4v) is 2.07. The Kier molecular flexibility index (Phi) is 6.43. The first-order valence-corrected chi connectivity index (χ1v) is 6.58. The van der Waals surface area contributed by atoms with Crippen LogP contribution >= 0.6 is 0 Å². The lowest BCUT2D eigenvalue weighted by Gasteiger charge is -2.22. The summed E-state index contributed by atoms with van der Waals surface area (Å²) in [5, 5.41) is 3.59. The second-order valence-corrected chi connectivity index (χ2v) is 4.43. The molecule has 2 atom stereocenters. The Balaban J connectivity index is 2.70. The molecule has 0 amide bonds. The fraction of sp³-hybridized carbons (Fsp3) is 0.500. The molecule has 17 heavy (non-hydrogen) atoms. The average Bonchev–Trinajstić information content (AvgIpc) is 2.38. The number of hydrogen-bond acceptors (Lipinski definition) is 1. The predicted octanol–water partition coefficient (Wildman–Crippen LogP) is 3.92. The smallest absolute Gasteiger partial charge is 0.0691 e. The van der Waals surface area contributed by atoms with Crippen molar-refractivity contribution in [3.63, 3.8) is 0 Å². The molecule has 1 nitrogen and oxygen atoms in total. The molecule has 1 aromatic rings. The molecule has 0 radical (unpaired) electrons. The molecule has 2 unspecified atom stereocenters. The normalized spacial score (nSPS) is 13.9. The van der Waals surface area contributed by atoms with E-state index >= 15 is 0 Å². The molecule has 1 N–H and O–H groups in total. The molecule has 0 heterocycles. The molecule has 0 saturated carbocycles. The monoisotopic (exact) mass is 229 g/mol. The summed E-state index contributed by atoms with van der Waals surface area (Å²) < 4.78 is 0.